The van der Waals surface area contributed by atoms with Crippen LogP contribution in [0.4, 0.5) is 10.2 Å². The summed E-state index contributed by atoms with van der Waals surface area (Å²) in [6.45, 7) is 0. The van der Waals surface area contributed by atoms with Crippen molar-refractivity contribution < 1.29 is 14.3 Å². The number of hydrogen-bond acceptors (Lipinski definition) is 6. The molecule has 0 aliphatic carbocycles. The third kappa shape index (κ3) is 4.31. The molecule has 9 heteroatoms. The van der Waals surface area contributed by atoms with Crippen molar-refractivity contribution in [3.05, 3.63) is 78.7 Å². The third-order valence-corrected chi connectivity index (χ3v) is 5.06. The predicted octanol–water partition coefficient (Wildman–Crippen LogP) is 3.90. The third-order valence-electron chi connectivity index (χ3n) is 4.13. The molecule has 4 aromatic rings. The number of halogens is 1. The van der Waals surface area contributed by atoms with Crippen LogP contribution in [0.15, 0.2) is 78.1 Å². The summed E-state index contributed by atoms with van der Waals surface area (Å²) >= 11 is 1.19. The second-order valence-corrected chi connectivity index (χ2v) is 7.13. The Morgan fingerprint density at radius 3 is 2.53 bits per heavy atom. The number of aromatic hydroxyl groups is 1. The van der Waals surface area contributed by atoms with E-state index in [1.54, 1.807) is 18.2 Å². The molecule has 2 aromatic carbocycles. The lowest BCUT2D eigenvalue weighted by Crippen LogP contribution is -2.15. The molecule has 30 heavy (non-hydrogen) atoms. The Morgan fingerprint density at radius 2 is 1.80 bits per heavy atom. The fourth-order valence-electron chi connectivity index (χ4n) is 2.75. The van der Waals surface area contributed by atoms with Crippen molar-refractivity contribution in [2.45, 2.75) is 5.16 Å². The lowest BCUT2D eigenvalue weighted by atomic mass is 10.2. The van der Waals surface area contributed by atoms with Gasteiger partial charge in [-0.1, -0.05) is 30.0 Å². The number of carbonyl (C=O) groups excluding carboxylic acids is 1. The second kappa shape index (κ2) is 8.75. The van der Waals surface area contributed by atoms with Gasteiger partial charge in [0.05, 0.1) is 5.75 Å². The van der Waals surface area contributed by atoms with Crippen molar-refractivity contribution >= 4 is 23.5 Å². The van der Waals surface area contributed by atoms with E-state index in [9.17, 15) is 14.3 Å². The van der Waals surface area contributed by atoms with Crippen molar-refractivity contribution in [2.24, 2.45) is 0 Å². The number of hydrogen-bond donors (Lipinski definition) is 2. The van der Waals surface area contributed by atoms with Gasteiger partial charge in [-0.15, -0.1) is 10.2 Å². The molecule has 4 rings (SSSR count). The van der Waals surface area contributed by atoms with Gasteiger partial charge in [0.2, 0.25) is 5.91 Å². The number of amides is 1. The van der Waals surface area contributed by atoms with Crippen molar-refractivity contribution in [2.75, 3.05) is 11.1 Å². The van der Waals surface area contributed by atoms with E-state index in [-0.39, 0.29) is 29.0 Å². The maximum atomic E-state index is 13.3. The van der Waals surface area contributed by atoms with Crippen molar-refractivity contribution in [3.8, 4) is 22.8 Å². The molecule has 0 saturated heterocycles. The van der Waals surface area contributed by atoms with Gasteiger partial charge in [-0.2, -0.15) is 0 Å². The van der Waals surface area contributed by atoms with E-state index in [0.29, 0.717) is 16.5 Å². The molecule has 1 amide bonds. The standard InChI is InChI=1S/C21H16FN5O2S/c22-15-10-8-14(9-11-15)20-25-26-21(27(20)16-5-2-1-3-6-16)30-13-18(29)24-19-17(28)7-4-12-23-19/h1-12,28H,13H2,(H,23,24,29). The van der Waals surface area contributed by atoms with Crippen LogP contribution in [0, 0.1) is 5.82 Å². The van der Waals surface area contributed by atoms with Crippen LogP contribution in [0.5, 0.6) is 5.75 Å². The summed E-state index contributed by atoms with van der Waals surface area (Å²) in [5.74, 6) is -0.133. The fraction of sp³-hybridized carbons (Fsp3) is 0.0476. The van der Waals surface area contributed by atoms with Crippen LogP contribution in [-0.2, 0) is 4.79 Å². The molecule has 0 fully saturated rings. The number of nitrogens with zero attached hydrogens (tertiary/aromatic N) is 4. The molecule has 150 valence electrons. The Balaban J connectivity index is 1.59. The normalized spacial score (nSPS) is 10.7. The highest BCUT2D eigenvalue weighted by Gasteiger charge is 2.18. The number of thioether (sulfide) groups is 1. The van der Waals surface area contributed by atoms with E-state index in [1.807, 2.05) is 34.9 Å². The summed E-state index contributed by atoms with van der Waals surface area (Å²) in [6, 6.07) is 18.4. The highest BCUT2D eigenvalue weighted by molar-refractivity contribution is 7.99. The molecular weight excluding hydrogens is 405 g/mol. The van der Waals surface area contributed by atoms with E-state index >= 15 is 0 Å². The van der Waals surface area contributed by atoms with Gasteiger partial charge >= 0.3 is 0 Å². The lowest BCUT2D eigenvalue weighted by Gasteiger charge is -2.10. The van der Waals surface area contributed by atoms with Gasteiger partial charge in [-0.25, -0.2) is 9.37 Å². The lowest BCUT2D eigenvalue weighted by molar-refractivity contribution is -0.113. The summed E-state index contributed by atoms with van der Waals surface area (Å²) in [6.07, 6.45) is 1.48. The maximum absolute atomic E-state index is 13.3. The van der Waals surface area contributed by atoms with Gasteiger partial charge in [0.15, 0.2) is 22.5 Å². The summed E-state index contributed by atoms with van der Waals surface area (Å²) in [5.41, 5.74) is 1.51. The Bertz CT molecular complexity index is 1170. The van der Waals surface area contributed by atoms with Crippen molar-refractivity contribution in [3.63, 3.8) is 0 Å². The molecule has 7 nitrogen and oxygen atoms in total. The summed E-state index contributed by atoms with van der Waals surface area (Å²) in [7, 11) is 0. The van der Waals surface area contributed by atoms with Crippen LogP contribution >= 0.6 is 11.8 Å². The Morgan fingerprint density at radius 1 is 1.03 bits per heavy atom. The van der Waals surface area contributed by atoms with E-state index in [2.05, 4.69) is 20.5 Å². The fourth-order valence-corrected chi connectivity index (χ4v) is 3.50. The van der Waals surface area contributed by atoms with Crippen molar-refractivity contribution in [1.29, 1.82) is 0 Å². The van der Waals surface area contributed by atoms with Gasteiger partial charge < -0.3 is 10.4 Å². The van der Waals surface area contributed by atoms with Crippen LogP contribution in [0.25, 0.3) is 17.1 Å². The Hall–Kier alpha value is -3.72. The molecular formula is C21H16FN5O2S. The molecule has 0 bridgehead atoms. The molecule has 0 atom stereocenters. The predicted molar refractivity (Wildman–Crippen MR) is 112 cm³/mol. The monoisotopic (exact) mass is 421 g/mol. The number of pyridine rings is 1. The number of carbonyl (C=O) groups is 1. The summed E-state index contributed by atoms with van der Waals surface area (Å²) in [4.78, 5) is 16.3. The Labute approximate surface area is 175 Å². The van der Waals surface area contributed by atoms with Crippen LogP contribution in [0.3, 0.4) is 0 Å². The molecule has 2 aromatic heterocycles. The van der Waals surface area contributed by atoms with Crippen LogP contribution in [0.2, 0.25) is 0 Å². The number of benzene rings is 2. The number of aromatic nitrogens is 4. The summed E-state index contributed by atoms with van der Waals surface area (Å²) in [5, 5.41) is 21.3. The molecule has 2 heterocycles. The molecule has 2 N–H and O–H groups in total. The zero-order chi connectivity index (χ0) is 20.9. The molecule has 0 spiro atoms. The topological polar surface area (TPSA) is 92.9 Å². The van der Waals surface area contributed by atoms with Gasteiger partial charge in [0.25, 0.3) is 0 Å². The number of nitrogens with one attached hydrogen (secondary N) is 1. The van der Waals surface area contributed by atoms with Crippen LogP contribution in [-0.4, -0.2) is 36.5 Å². The van der Waals surface area contributed by atoms with Crippen LogP contribution < -0.4 is 5.32 Å². The number of para-hydroxylation sites is 1. The number of rotatable bonds is 6. The van der Waals surface area contributed by atoms with Gasteiger partial charge in [0.1, 0.15) is 5.82 Å². The first-order valence-corrected chi connectivity index (χ1v) is 9.94. The first-order chi connectivity index (χ1) is 14.6. The number of anilines is 1. The summed E-state index contributed by atoms with van der Waals surface area (Å²) < 4.78 is 15.1. The van der Waals surface area contributed by atoms with E-state index in [0.717, 1.165) is 5.69 Å². The minimum atomic E-state index is -0.347. The SMILES string of the molecule is O=C(CSc1nnc(-c2ccc(F)cc2)n1-c1ccccc1)Nc1ncccc1O. The largest absolute Gasteiger partial charge is 0.504 e. The van der Waals surface area contributed by atoms with Crippen LogP contribution in [0.1, 0.15) is 0 Å². The smallest absolute Gasteiger partial charge is 0.236 e. The molecule has 0 aliphatic rings. The zero-order valence-corrected chi connectivity index (χ0v) is 16.4. The van der Waals surface area contributed by atoms with E-state index in [4.69, 9.17) is 0 Å². The first kappa shape index (κ1) is 19.6. The second-order valence-electron chi connectivity index (χ2n) is 6.19. The molecule has 0 aliphatic heterocycles. The van der Waals surface area contributed by atoms with E-state index in [1.165, 1.54) is 36.2 Å². The van der Waals surface area contributed by atoms with Gasteiger partial charge in [0, 0.05) is 17.4 Å². The average Bonchev–Trinajstić information content (AvgIpc) is 3.19. The highest BCUT2D eigenvalue weighted by atomic mass is 32.2. The quantitative estimate of drug-likeness (QED) is 0.459. The molecule has 0 radical (unpaired) electrons. The van der Waals surface area contributed by atoms with Gasteiger partial charge in [-0.3, -0.25) is 9.36 Å². The Kier molecular flexibility index (Phi) is 5.71. The minimum Gasteiger partial charge on any atom is -0.504 e. The highest BCUT2D eigenvalue weighted by Crippen LogP contribution is 2.28. The first-order valence-electron chi connectivity index (χ1n) is 8.95. The minimum absolute atomic E-state index is 0.0321. The average molecular weight is 421 g/mol. The van der Waals surface area contributed by atoms with E-state index < -0.39 is 0 Å². The van der Waals surface area contributed by atoms with Crippen molar-refractivity contribution in [1.82, 2.24) is 19.7 Å². The maximum Gasteiger partial charge on any atom is 0.236 e. The molecule has 0 unspecified atom stereocenters. The molecule has 0 saturated carbocycles. The van der Waals surface area contributed by atoms with Gasteiger partial charge in [-0.05, 0) is 48.5 Å². The zero-order valence-electron chi connectivity index (χ0n) is 15.6.